The molecular weight excluding hydrogens is 289 g/mol. The topological polar surface area (TPSA) is 38.0 Å². The predicted molar refractivity (Wildman–Crippen MR) is 73.2 cm³/mol. The van der Waals surface area contributed by atoms with Crippen LogP contribution in [0.5, 0.6) is 0 Å². The van der Waals surface area contributed by atoms with Crippen LogP contribution in [0.25, 0.3) is 0 Å². The number of halogens is 4. The van der Waals surface area contributed by atoms with Gasteiger partial charge in [0.25, 0.3) is 0 Å². The molecule has 0 radical (unpaired) electrons. The molecule has 0 saturated heterocycles. The third-order valence-corrected chi connectivity index (χ3v) is 2.99. The first-order chi connectivity index (χ1) is 9.49. The summed E-state index contributed by atoms with van der Waals surface area (Å²) >= 11 is 5.73. The van der Waals surface area contributed by atoms with Gasteiger partial charge in [0.15, 0.2) is 0 Å². The van der Waals surface area contributed by atoms with Crippen LogP contribution in [0.3, 0.4) is 0 Å². The van der Waals surface area contributed by atoms with Gasteiger partial charge in [-0.15, -0.1) is 0 Å². The number of hydrogen-bond donors (Lipinski definition) is 2. The Morgan fingerprint density at radius 1 is 1.05 bits per heavy atom. The highest BCUT2D eigenvalue weighted by Gasteiger charge is 2.15. The lowest BCUT2D eigenvalue weighted by molar-refractivity contribution is 0.571. The van der Waals surface area contributed by atoms with Crippen LogP contribution in [0.1, 0.15) is 11.6 Å². The number of hydrogen-bond acceptors (Lipinski definition) is 2. The zero-order chi connectivity index (χ0) is 14.7. The van der Waals surface area contributed by atoms with Crippen LogP contribution in [0.2, 0.25) is 5.02 Å². The van der Waals surface area contributed by atoms with E-state index in [1.807, 2.05) is 0 Å². The van der Waals surface area contributed by atoms with Crippen LogP contribution in [-0.2, 0) is 0 Å². The second-order valence-electron chi connectivity index (χ2n) is 4.26. The Morgan fingerprint density at radius 2 is 1.80 bits per heavy atom. The van der Waals surface area contributed by atoms with E-state index in [0.29, 0.717) is 5.69 Å². The highest BCUT2D eigenvalue weighted by Crippen LogP contribution is 2.25. The van der Waals surface area contributed by atoms with Crippen molar-refractivity contribution >= 4 is 17.3 Å². The van der Waals surface area contributed by atoms with E-state index in [1.54, 1.807) is 0 Å². The standard InChI is InChI=1S/C14H12ClF3N2/c15-8-3-10(17)5-11(4-8)20-14(7-19)12-6-9(16)1-2-13(12)18/h1-6,14,20H,7,19H2. The second kappa shape index (κ2) is 6.15. The van der Waals surface area contributed by atoms with E-state index >= 15 is 0 Å². The Kier molecular flexibility index (Phi) is 4.52. The van der Waals surface area contributed by atoms with Gasteiger partial charge < -0.3 is 11.1 Å². The molecule has 6 heteroatoms. The van der Waals surface area contributed by atoms with E-state index in [-0.39, 0.29) is 17.1 Å². The molecule has 1 unspecified atom stereocenters. The molecule has 0 aliphatic heterocycles. The maximum atomic E-state index is 13.7. The van der Waals surface area contributed by atoms with Gasteiger partial charge in [-0.25, -0.2) is 13.2 Å². The fourth-order valence-electron chi connectivity index (χ4n) is 1.88. The lowest BCUT2D eigenvalue weighted by atomic mass is 10.1. The summed E-state index contributed by atoms with van der Waals surface area (Å²) < 4.78 is 40.1. The van der Waals surface area contributed by atoms with Gasteiger partial charge in [0.1, 0.15) is 17.5 Å². The summed E-state index contributed by atoms with van der Waals surface area (Å²) in [6.45, 7) is 0.00844. The summed E-state index contributed by atoms with van der Waals surface area (Å²) in [7, 11) is 0. The fraction of sp³-hybridized carbons (Fsp3) is 0.143. The first kappa shape index (κ1) is 14.7. The second-order valence-corrected chi connectivity index (χ2v) is 4.69. The minimum Gasteiger partial charge on any atom is -0.377 e. The van der Waals surface area contributed by atoms with Gasteiger partial charge in [0, 0.05) is 22.8 Å². The van der Waals surface area contributed by atoms with Gasteiger partial charge in [0.05, 0.1) is 6.04 Å². The van der Waals surface area contributed by atoms with E-state index < -0.39 is 23.5 Å². The van der Waals surface area contributed by atoms with E-state index in [4.69, 9.17) is 17.3 Å². The molecule has 0 spiro atoms. The molecule has 2 aromatic rings. The third kappa shape index (κ3) is 3.43. The van der Waals surface area contributed by atoms with Crippen LogP contribution < -0.4 is 11.1 Å². The van der Waals surface area contributed by atoms with Crippen LogP contribution in [0.4, 0.5) is 18.9 Å². The summed E-state index contributed by atoms with van der Waals surface area (Å²) in [6, 6.07) is 6.23. The van der Waals surface area contributed by atoms with Crippen molar-refractivity contribution in [2.75, 3.05) is 11.9 Å². The molecule has 0 amide bonds. The van der Waals surface area contributed by atoms with Crippen molar-refractivity contribution in [3.05, 3.63) is 64.4 Å². The first-order valence-electron chi connectivity index (χ1n) is 5.87. The largest absolute Gasteiger partial charge is 0.377 e. The van der Waals surface area contributed by atoms with E-state index in [2.05, 4.69) is 5.32 Å². The van der Waals surface area contributed by atoms with Gasteiger partial charge in [-0.2, -0.15) is 0 Å². The molecule has 0 heterocycles. The van der Waals surface area contributed by atoms with E-state index in [1.165, 1.54) is 12.1 Å². The van der Waals surface area contributed by atoms with Crippen molar-refractivity contribution in [2.45, 2.75) is 6.04 Å². The lowest BCUT2D eigenvalue weighted by Crippen LogP contribution is -2.22. The summed E-state index contributed by atoms with van der Waals surface area (Å²) in [4.78, 5) is 0. The molecule has 2 rings (SSSR count). The van der Waals surface area contributed by atoms with Gasteiger partial charge in [0.2, 0.25) is 0 Å². The highest BCUT2D eigenvalue weighted by molar-refractivity contribution is 6.30. The number of nitrogens with one attached hydrogen (secondary N) is 1. The maximum Gasteiger partial charge on any atom is 0.128 e. The van der Waals surface area contributed by atoms with Gasteiger partial charge in [-0.3, -0.25) is 0 Å². The van der Waals surface area contributed by atoms with Crippen molar-refractivity contribution in [3.8, 4) is 0 Å². The third-order valence-electron chi connectivity index (χ3n) is 2.77. The van der Waals surface area contributed by atoms with Crippen LogP contribution >= 0.6 is 11.6 Å². The van der Waals surface area contributed by atoms with E-state index in [0.717, 1.165) is 24.3 Å². The molecule has 20 heavy (non-hydrogen) atoms. The molecule has 0 bridgehead atoms. The van der Waals surface area contributed by atoms with Crippen molar-refractivity contribution in [2.24, 2.45) is 5.73 Å². The van der Waals surface area contributed by atoms with Gasteiger partial charge in [-0.1, -0.05) is 11.6 Å². The monoisotopic (exact) mass is 300 g/mol. The minimum atomic E-state index is -0.691. The molecule has 3 N–H and O–H groups in total. The minimum absolute atomic E-state index is 0.00844. The Labute approximate surface area is 119 Å². The molecule has 106 valence electrons. The summed E-state index contributed by atoms with van der Waals surface area (Å²) in [5, 5.41) is 3.04. The molecule has 0 aromatic heterocycles. The Morgan fingerprint density at radius 3 is 2.45 bits per heavy atom. The van der Waals surface area contributed by atoms with Gasteiger partial charge in [-0.05, 0) is 36.4 Å². The van der Waals surface area contributed by atoms with Crippen LogP contribution in [0.15, 0.2) is 36.4 Å². The summed E-state index contributed by atoms with van der Waals surface area (Å²) in [5.74, 6) is -1.69. The molecular formula is C14H12ClF3N2. The SMILES string of the molecule is NCC(Nc1cc(F)cc(Cl)c1)c1cc(F)ccc1F. The highest BCUT2D eigenvalue weighted by atomic mass is 35.5. The van der Waals surface area contributed by atoms with Crippen molar-refractivity contribution in [3.63, 3.8) is 0 Å². The Balaban J connectivity index is 2.31. The quantitative estimate of drug-likeness (QED) is 0.899. The summed E-state index contributed by atoms with van der Waals surface area (Å²) in [6.07, 6.45) is 0. The maximum absolute atomic E-state index is 13.7. The van der Waals surface area contributed by atoms with Crippen LogP contribution in [-0.4, -0.2) is 6.54 Å². The van der Waals surface area contributed by atoms with Crippen LogP contribution in [0, 0.1) is 17.5 Å². The van der Waals surface area contributed by atoms with Crippen molar-refractivity contribution < 1.29 is 13.2 Å². The average molecular weight is 301 g/mol. The fourth-order valence-corrected chi connectivity index (χ4v) is 2.11. The molecule has 0 aliphatic rings. The Bertz CT molecular complexity index is 599. The Hall–Kier alpha value is -1.72. The molecule has 0 saturated carbocycles. The predicted octanol–water partition coefficient (Wildman–Crippen LogP) is 3.87. The number of nitrogens with two attached hydrogens (primary N) is 1. The smallest absolute Gasteiger partial charge is 0.128 e. The summed E-state index contributed by atoms with van der Waals surface area (Å²) in [5.41, 5.74) is 5.99. The average Bonchev–Trinajstić information content (AvgIpc) is 2.38. The molecule has 0 fully saturated rings. The molecule has 1 atom stereocenters. The zero-order valence-electron chi connectivity index (χ0n) is 10.3. The normalized spacial score (nSPS) is 12.2. The number of benzene rings is 2. The first-order valence-corrected chi connectivity index (χ1v) is 6.25. The molecule has 2 nitrogen and oxygen atoms in total. The molecule has 2 aromatic carbocycles. The van der Waals surface area contributed by atoms with E-state index in [9.17, 15) is 13.2 Å². The lowest BCUT2D eigenvalue weighted by Gasteiger charge is -2.19. The van der Waals surface area contributed by atoms with Gasteiger partial charge >= 0.3 is 0 Å². The van der Waals surface area contributed by atoms with Crippen molar-refractivity contribution in [1.29, 1.82) is 0 Å². The number of anilines is 1. The number of rotatable bonds is 4. The molecule has 0 aliphatic carbocycles. The zero-order valence-corrected chi connectivity index (χ0v) is 11.1. The van der Waals surface area contributed by atoms with Crippen molar-refractivity contribution in [1.82, 2.24) is 0 Å².